The number of carbonyl (C=O) groups excluding carboxylic acids is 1. The number of fused-ring (bicyclic) bond motifs is 3. The minimum atomic E-state index is -1.14. The van der Waals surface area contributed by atoms with Crippen molar-refractivity contribution in [1.29, 1.82) is 0 Å². The summed E-state index contributed by atoms with van der Waals surface area (Å²) in [5.41, 5.74) is 1.69. The number of allylic oxidation sites excluding steroid dienone is 2. The highest BCUT2D eigenvalue weighted by atomic mass is 16.4. The quantitative estimate of drug-likeness (QED) is 0.580. The molecule has 2 aromatic rings. The van der Waals surface area contributed by atoms with E-state index in [0.29, 0.717) is 6.42 Å². The van der Waals surface area contributed by atoms with Crippen molar-refractivity contribution < 1.29 is 24.6 Å². The number of aliphatic carboxylic acids is 2. The summed E-state index contributed by atoms with van der Waals surface area (Å²) in [6.45, 7) is 0. The highest BCUT2D eigenvalue weighted by Crippen LogP contribution is 2.48. The van der Waals surface area contributed by atoms with Gasteiger partial charge in [0.1, 0.15) is 6.04 Å². The van der Waals surface area contributed by atoms with Crippen molar-refractivity contribution in [2.24, 2.45) is 23.7 Å². The number of hydrogen-bond donors (Lipinski definition) is 4. The van der Waals surface area contributed by atoms with E-state index in [1.54, 1.807) is 6.20 Å². The van der Waals surface area contributed by atoms with Gasteiger partial charge in [0.05, 0.1) is 11.8 Å². The number of carboxylic acid groups (broad SMARTS) is 2. The van der Waals surface area contributed by atoms with Gasteiger partial charge in [-0.2, -0.15) is 0 Å². The van der Waals surface area contributed by atoms with E-state index in [0.717, 1.165) is 16.5 Å². The second kappa shape index (κ2) is 6.57. The summed E-state index contributed by atoms with van der Waals surface area (Å²) < 4.78 is 0. The third kappa shape index (κ3) is 2.99. The van der Waals surface area contributed by atoms with Crippen molar-refractivity contribution >= 4 is 28.7 Å². The molecule has 7 nitrogen and oxygen atoms in total. The maximum absolute atomic E-state index is 12.8. The third-order valence-corrected chi connectivity index (χ3v) is 5.76. The number of aromatic nitrogens is 1. The van der Waals surface area contributed by atoms with E-state index < -0.39 is 35.7 Å². The number of amides is 1. The molecular weight excluding hydrogens is 348 g/mol. The minimum Gasteiger partial charge on any atom is -0.481 e. The Balaban J connectivity index is 1.53. The van der Waals surface area contributed by atoms with E-state index in [1.165, 1.54) is 0 Å². The molecule has 1 aromatic heterocycles. The van der Waals surface area contributed by atoms with Crippen molar-refractivity contribution in [3.05, 3.63) is 48.2 Å². The molecular formula is C20H20N2O5. The molecule has 1 heterocycles. The van der Waals surface area contributed by atoms with Gasteiger partial charge in [-0.3, -0.25) is 9.59 Å². The van der Waals surface area contributed by atoms with Gasteiger partial charge in [-0.1, -0.05) is 30.4 Å². The van der Waals surface area contributed by atoms with Gasteiger partial charge in [0.2, 0.25) is 5.91 Å². The molecule has 1 saturated carbocycles. The minimum absolute atomic E-state index is 0.124. The molecule has 0 unspecified atom stereocenters. The Labute approximate surface area is 155 Å². The van der Waals surface area contributed by atoms with E-state index in [-0.39, 0.29) is 18.3 Å². The van der Waals surface area contributed by atoms with Crippen LogP contribution in [0.15, 0.2) is 42.6 Å². The van der Waals surface area contributed by atoms with E-state index in [1.807, 2.05) is 36.4 Å². The van der Waals surface area contributed by atoms with Gasteiger partial charge in [0.15, 0.2) is 0 Å². The number of H-pyrrole nitrogens is 1. The Morgan fingerprint density at radius 2 is 1.81 bits per heavy atom. The van der Waals surface area contributed by atoms with Crippen molar-refractivity contribution in [1.82, 2.24) is 10.3 Å². The van der Waals surface area contributed by atoms with Crippen LogP contribution in [0.2, 0.25) is 0 Å². The summed E-state index contributed by atoms with van der Waals surface area (Å²) in [6.07, 6.45) is 6.24. The fourth-order valence-corrected chi connectivity index (χ4v) is 4.50. The van der Waals surface area contributed by atoms with Gasteiger partial charge in [-0.25, -0.2) is 4.79 Å². The predicted molar refractivity (Wildman–Crippen MR) is 96.9 cm³/mol. The standard InChI is InChI=1S/C20H20N2O5/c23-18(16-10-5-6-11(7-10)17(16)20(26)27)22-15(19(24)25)8-12-9-21-14-4-2-1-3-13(12)14/h1-6,9-11,15-17,21H,7-8H2,(H,22,23)(H,24,25)(H,26,27)/t10-,11-,15-,16-,17+/m0/s1. The van der Waals surface area contributed by atoms with Crippen LogP contribution in [0.1, 0.15) is 12.0 Å². The van der Waals surface area contributed by atoms with Gasteiger partial charge in [-0.05, 0) is 29.9 Å². The first-order valence-electron chi connectivity index (χ1n) is 8.95. The third-order valence-electron chi connectivity index (χ3n) is 5.76. The first-order valence-corrected chi connectivity index (χ1v) is 8.95. The topological polar surface area (TPSA) is 119 Å². The van der Waals surface area contributed by atoms with Crippen LogP contribution in [0, 0.1) is 23.7 Å². The maximum atomic E-state index is 12.8. The van der Waals surface area contributed by atoms with Crippen LogP contribution >= 0.6 is 0 Å². The molecule has 0 spiro atoms. The Morgan fingerprint density at radius 3 is 2.52 bits per heavy atom. The second-order valence-corrected chi connectivity index (χ2v) is 7.30. The van der Waals surface area contributed by atoms with E-state index in [4.69, 9.17) is 0 Å². The van der Waals surface area contributed by atoms with E-state index >= 15 is 0 Å². The van der Waals surface area contributed by atoms with E-state index in [2.05, 4.69) is 10.3 Å². The van der Waals surface area contributed by atoms with Crippen LogP contribution in [-0.4, -0.2) is 39.1 Å². The molecule has 2 bridgehead atoms. The molecule has 4 rings (SSSR count). The smallest absolute Gasteiger partial charge is 0.326 e. The van der Waals surface area contributed by atoms with Crippen LogP contribution in [0.3, 0.4) is 0 Å². The summed E-state index contributed by atoms with van der Waals surface area (Å²) in [4.78, 5) is 39.2. The fraction of sp³-hybridized carbons (Fsp3) is 0.350. The fourth-order valence-electron chi connectivity index (χ4n) is 4.50. The largest absolute Gasteiger partial charge is 0.481 e. The van der Waals surface area contributed by atoms with Gasteiger partial charge in [-0.15, -0.1) is 0 Å². The van der Waals surface area contributed by atoms with Crippen LogP contribution in [0.25, 0.3) is 10.9 Å². The zero-order valence-corrected chi connectivity index (χ0v) is 14.5. The molecule has 1 fully saturated rings. The highest BCUT2D eigenvalue weighted by molar-refractivity contribution is 5.90. The van der Waals surface area contributed by atoms with Crippen LogP contribution in [0.4, 0.5) is 0 Å². The molecule has 0 radical (unpaired) electrons. The summed E-state index contributed by atoms with van der Waals surface area (Å²) >= 11 is 0. The summed E-state index contributed by atoms with van der Waals surface area (Å²) in [5, 5.41) is 22.6. The molecule has 5 atom stereocenters. The lowest BCUT2D eigenvalue weighted by Crippen LogP contribution is -2.48. The first-order chi connectivity index (χ1) is 13.0. The van der Waals surface area contributed by atoms with Crippen molar-refractivity contribution in [2.75, 3.05) is 0 Å². The summed E-state index contributed by atoms with van der Waals surface area (Å²) in [7, 11) is 0. The normalized spacial score (nSPS) is 27.0. The molecule has 7 heteroatoms. The Bertz CT molecular complexity index is 947. The van der Waals surface area contributed by atoms with E-state index in [9.17, 15) is 24.6 Å². The van der Waals surface area contributed by atoms with Crippen LogP contribution in [0.5, 0.6) is 0 Å². The molecule has 0 aliphatic heterocycles. The van der Waals surface area contributed by atoms with Gasteiger partial charge in [0.25, 0.3) is 0 Å². The lowest BCUT2D eigenvalue weighted by atomic mass is 9.82. The van der Waals surface area contributed by atoms with Crippen molar-refractivity contribution in [3.8, 4) is 0 Å². The number of hydrogen-bond acceptors (Lipinski definition) is 3. The molecule has 2 aliphatic carbocycles. The zero-order chi connectivity index (χ0) is 19.1. The highest BCUT2D eigenvalue weighted by Gasteiger charge is 2.52. The van der Waals surface area contributed by atoms with Crippen molar-refractivity contribution in [3.63, 3.8) is 0 Å². The average Bonchev–Trinajstić information content (AvgIpc) is 3.35. The average molecular weight is 368 g/mol. The number of nitrogens with one attached hydrogen (secondary N) is 2. The number of carbonyl (C=O) groups is 3. The molecule has 27 heavy (non-hydrogen) atoms. The lowest BCUT2D eigenvalue weighted by molar-refractivity contribution is -0.148. The second-order valence-electron chi connectivity index (χ2n) is 7.30. The molecule has 0 saturated heterocycles. The zero-order valence-electron chi connectivity index (χ0n) is 14.5. The van der Waals surface area contributed by atoms with Gasteiger partial charge in [0, 0.05) is 23.5 Å². The van der Waals surface area contributed by atoms with Crippen LogP contribution < -0.4 is 5.32 Å². The summed E-state index contributed by atoms with van der Waals surface area (Å²) in [5.74, 6) is -4.44. The number of para-hydroxylation sites is 1. The lowest BCUT2D eigenvalue weighted by Gasteiger charge is -2.25. The molecule has 140 valence electrons. The SMILES string of the molecule is O=C(N[C@@H](Cc1c[nH]c2ccccc12)C(=O)O)[C@@H]1[C@H](C(=O)O)[C@H]2C=C[C@H]1C2. The maximum Gasteiger partial charge on any atom is 0.326 e. The van der Waals surface area contributed by atoms with Gasteiger partial charge >= 0.3 is 11.9 Å². The first kappa shape index (κ1) is 17.3. The monoisotopic (exact) mass is 368 g/mol. The van der Waals surface area contributed by atoms with Gasteiger partial charge < -0.3 is 20.5 Å². The number of rotatable bonds is 6. The van der Waals surface area contributed by atoms with Crippen molar-refractivity contribution in [2.45, 2.75) is 18.9 Å². The molecule has 4 N–H and O–H groups in total. The Morgan fingerprint density at radius 1 is 1.11 bits per heavy atom. The number of benzene rings is 1. The van der Waals surface area contributed by atoms with Crippen LogP contribution in [-0.2, 0) is 20.8 Å². The molecule has 1 aromatic carbocycles. The Kier molecular flexibility index (Phi) is 4.22. The summed E-state index contributed by atoms with van der Waals surface area (Å²) in [6, 6.07) is 6.42. The molecule has 1 amide bonds. The predicted octanol–water partition coefficient (Wildman–Crippen LogP) is 1.80. The molecule has 2 aliphatic rings. The Hall–Kier alpha value is -3.09. The number of aromatic amines is 1. The number of carboxylic acids is 2.